The van der Waals surface area contributed by atoms with Crippen molar-refractivity contribution in [1.82, 2.24) is 0 Å². The molecular formula is C24H20N2O3. The number of nitro groups is 1. The van der Waals surface area contributed by atoms with Gasteiger partial charge in [-0.2, -0.15) is 0 Å². The molecule has 3 aromatic carbocycles. The molecule has 29 heavy (non-hydrogen) atoms. The van der Waals surface area contributed by atoms with E-state index in [1.807, 2.05) is 54.6 Å². The van der Waals surface area contributed by atoms with E-state index in [4.69, 9.17) is 4.74 Å². The molecule has 2 aliphatic rings. The lowest BCUT2D eigenvalue weighted by atomic mass is 9.76. The van der Waals surface area contributed by atoms with Crippen molar-refractivity contribution in [3.8, 4) is 11.5 Å². The maximum atomic E-state index is 11.6. The Morgan fingerprint density at radius 2 is 1.72 bits per heavy atom. The predicted octanol–water partition coefficient (Wildman–Crippen LogP) is 6.21. The van der Waals surface area contributed by atoms with Crippen LogP contribution in [0.4, 0.5) is 11.4 Å². The molecule has 0 fully saturated rings. The molecule has 5 rings (SSSR count). The first-order valence-corrected chi connectivity index (χ1v) is 9.74. The fourth-order valence-corrected chi connectivity index (χ4v) is 4.49. The molecule has 0 saturated heterocycles. The van der Waals surface area contributed by atoms with Gasteiger partial charge in [0.2, 0.25) is 0 Å². The molecule has 0 aromatic heterocycles. The van der Waals surface area contributed by atoms with Crippen LogP contribution in [0.3, 0.4) is 0 Å². The molecule has 0 saturated carbocycles. The molecule has 1 heterocycles. The van der Waals surface area contributed by atoms with Gasteiger partial charge in [-0.25, -0.2) is 0 Å². The maximum Gasteiger partial charge on any atom is 0.274 e. The minimum atomic E-state index is -0.291. The van der Waals surface area contributed by atoms with Gasteiger partial charge in [-0.05, 0) is 48.2 Å². The zero-order chi connectivity index (χ0) is 19.8. The third-order valence-electron chi connectivity index (χ3n) is 5.78. The summed E-state index contributed by atoms with van der Waals surface area (Å²) >= 11 is 0. The van der Waals surface area contributed by atoms with Gasteiger partial charge in [0.15, 0.2) is 0 Å². The van der Waals surface area contributed by atoms with Crippen molar-refractivity contribution < 1.29 is 9.66 Å². The van der Waals surface area contributed by atoms with E-state index >= 15 is 0 Å². The van der Waals surface area contributed by atoms with Gasteiger partial charge in [0.25, 0.3) is 5.69 Å². The number of ether oxygens (including phenoxy) is 1. The number of anilines is 1. The lowest BCUT2D eigenvalue weighted by Gasteiger charge is -2.37. The highest BCUT2D eigenvalue weighted by Crippen LogP contribution is 2.51. The standard InChI is InChI=1S/C24H20N2O3/c27-26(28)23-12-5-4-9-20(23)24-19-11-6-10-18(19)21-15-17(13-14-22(21)25-24)29-16-7-2-1-3-8-16/h1-10,12-15,18-19,24-25H,11H2/t18-,19+,24-/m1/s1. The lowest BCUT2D eigenvalue weighted by molar-refractivity contribution is -0.385. The van der Waals surface area contributed by atoms with Crippen LogP contribution in [0.1, 0.15) is 29.5 Å². The number of hydrogen-bond acceptors (Lipinski definition) is 4. The third-order valence-corrected chi connectivity index (χ3v) is 5.78. The molecule has 1 aliphatic carbocycles. The SMILES string of the molecule is O=[N+]([O-])c1ccccc1[C@@H]1Nc2ccc(Oc3ccccc3)cc2[C@@H]2C=CC[C@@H]21. The van der Waals surface area contributed by atoms with Crippen molar-refractivity contribution in [3.05, 3.63) is 106 Å². The number of nitrogens with zero attached hydrogens (tertiary/aromatic N) is 1. The topological polar surface area (TPSA) is 64.4 Å². The molecule has 1 aliphatic heterocycles. The Bertz CT molecular complexity index is 1090. The first-order chi connectivity index (χ1) is 14.2. The number of para-hydroxylation sites is 2. The summed E-state index contributed by atoms with van der Waals surface area (Å²) in [4.78, 5) is 11.3. The number of fused-ring (bicyclic) bond motifs is 3. The minimum absolute atomic E-state index is 0.106. The van der Waals surface area contributed by atoms with E-state index in [0.717, 1.165) is 29.2 Å². The molecule has 0 spiro atoms. The van der Waals surface area contributed by atoms with Crippen LogP contribution in [0.2, 0.25) is 0 Å². The van der Waals surface area contributed by atoms with Crippen LogP contribution in [0.15, 0.2) is 84.9 Å². The van der Waals surface area contributed by atoms with E-state index in [1.54, 1.807) is 12.1 Å². The number of rotatable bonds is 4. The van der Waals surface area contributed by atoms with Crippen molar-refractivity contribution in [1.29, 1.82) is 0 Å². The lowest BCUT2D eigenvalue weighted by Crippen LogP contribution is -2.29. The number of allylic oxidation sites excluding steroid dienone is 2. The molecule has 5 heteroatoms. The summed E-state index contributed by atoms with van der Waals surface area (Å²) in [5, 5.41) is 15.1. The fourth-order valence-electron chi connectivity index (χ4n) is 4.49. The highest BCUT2D eigenvalue weighted by Gasteiger charge is 2.40. The molecule has 0 bridgehead atoms. The second-order valence-electron chi connectivity index (χ2n) is 7.46. The second-order valence-corrected chi connectivity index (χ2v) is 7.46. The van der Waals surface area contributed by atoms with Gasteiger partial charge in [-0.1, -0.05) is 48.6 Å². The molecule has 5 nitrogen and oxygen atoms in total. The van der Waals surface area contributed by atoms with Gasteiger partial charge in [-0.3, -0.25) is 10.1 Å². The Morgan fingerprint density at radius 1 is 0.931 bits per heavy atom. The summed E-state index contributed by atoms with van der Waals surface area (Å²) in [5.74, 6) is 2.03. The molecular weight excluding hydrogens is 364 g/mol. The van der Waals surface area contributed by atoms with Crippen LogP contribution in [0.5, 0.6) is 11.5 Å². The normalized spacial score (nSPS) is 21.7. The summed E-state index contributed by atoms with van der Waals surface area (Å²) in [7, 11) is 0. The number of benzene rings is 3. The van der Waals surface area contributed by atoms with Gasteiger partial charge < -0.3 is 10.1 Å². The molecule has 0 amide bonds. The van der Waals surface area contributed by atoms with E-state index in [9.17, 15) is 10.1 Å². The van der Waals surface area contributed by atoms with E-state index < -0.39 is 0 Å². The molecule has 3 aromatic rings. The quantitative estimate of drug-likeness (QED) is 0.330. The molecule has 1 N–H and O–H groups in total. The van der Waals surface area contributed by atoms with E-state index in [-0.39, 0.29) is 28.5 Å². The highest BCUT2D eigenvalue weighted by molar-refractivity contribution is 5.63. The Labute approximate surface area is 168 Å². The summed E-state index contributed by atoms with van der Waals surface area (Å²) in [6.45, 7) is 0. The monoisotopic (exact) mass is 384 g/mol. The predicted molar refractivity (Wildman–Crippen MR) is 112 cm³/mol. The summed E-state index contributed by atoms with van der Waals surface area (Å²) in [6.07, 6.45) is 5.29. The van der Waals surface area contributed by atoms with Gasteiger partial charge in [-0.15, -0.1) is 0 Å². The van der Waals surface area contributed by atoms with E-state index in [2.05, 4.69) is 23.5 Å². The van der Waals surface area contributed by atoms with Gasteiger partial charge in [0.05, 0.1) is 16.5 Å². The van der Waals surface area contributed by atoms with Crippen LogP contribution >= 0.6 is 0 Å². The average molecular weight is 384 g/mol. The van der Waals surface area contributed by atoms with Crippen LogP contribution in [-0.4, -0.2) is 4.92 Å². The number of nitro benzene ring substituents is 1. The third kappa shape index (κ3) is 3.14. The summed E-state index contributed by atoms with van der Waals surface area (Å²) in [5.41, 5.74) is 3.09. The summed E-state index contributed by atoms with van der Waals surface area (Å²) < 4.78 is 6.01. The van der Waals surface area contributed by atoms with Crippen molar-refractivity contribution in [2.75, 3.05) is 5.32 Å². The van der Waals surface area contributed by atoms with Gasteiger partial charge >= 0.3 is 0 Å². The Morgan fingerprint density at radius 3 is 2.55 bits per heavy atom. The average Bonchev–Trinajstić information content (AvgIpc) is 3.24. The van der Waals surface area contributed by atoms with Crippen molar-refractivity contribution in [2.24, 2.45) is 5.92 Å². The second kappa shape index (κ2) is 7.09. The largest absolute Gasteiger partial charge is 0.457 e. The van der Waals surface area contributed by atoms with Crippen LogP contribution < -0.4 is 10.1 Å². The van der Waals surface area contributed by atoms with Crippen LogP contribution in [0.25, 0.3) is 0 Å². The Hall–Kier alpha value is -3.60. The van der Waals surface area contributed by atoms with E-state index in [0.29, 0.717) is 0 Å². The van der Waals surface area contributed by atoms with Gasteiger partial charge in [0.1, 0.15) is 11.5 Å². The molecule has 3 atom stereocenters. The smallest absolute Gasteiger partial charge is 0.274 e. The van der Waals surface area contributed by atoms with Crippen LogP contribution in [-0.2, 0) is 0 Å². The highest BCUT2D eigenvalue weighted by atomic mass is 16.6. The molecule has 0 unspecified atom stereocenters. The zero-order valence-electron chi connectivity index (χ0n) is 15.7. The van der Waals surface area contributed by atoms with Crippen molar-refractivity contribution in [3.63, 3.8) is 0 Å². The number of hydrogen-bond donors (Lipinski definition) is 1. The Balaban J connectivity index is 1.52. The van der Waals surface area contributed by atoms with Crippen LogP contribution in [0, 0.1) is 16.0 Å². The van der Waals surface area contributed by atoms with Gasteiger partial charge in [0, 0.05) is 17.7 Å². The number of nitrogens with one attached hydrogen (secondary N) is 1. The minimum Gasteiger partial charge on any atom is -0.457 e. The first-order valence-electron chi connectivity index (χ1n) is 9.74. The molecule has 144 valence electrons. The van der Waals surface area contributed by atoms with E-state index in [1.165, 1.54) is 5.56 Å². The van der Waals surface area contributed by atoms with Crippen molar-refractivity contribution >= 4 is 11.4 Å². The summed E-state index contributed by atoms with van der Waals surface area (Å²) in [6, 6.07) is 22.7. The maximum absolute atomic E-state index is 11.6. The fraction of sp³-hybridized carbons (Fsp3) is 0.167. The first kappa shape index (κ1) is 17.5. The van der Waals surface area contributed by atoms with Crippen molar-refractivity contribution in [2.45, 2.75) is 18.4 Å². The Kier molecular flexibility index (Phi) is 4.28. The zero-order valence-corrected chi connectivity index (χ0v) is 15.7. The molecule has 0 radical (unpaired) electrons.